The molecular weight excluding hydrogens is 510 g/mol. The van der Waals surface area contributed by atoms with Crippen molar-refractivity contribution < 1.29 is 22.7 Å². The molecule has 34 heavy (non-hydrogen) atoms. The van der Waals surface area contributed by atoms with Crippen LogP contribution in [0.2, 0.25) is 10.0 Å². The molecule has 1 saturated heterocycles. The van der Waals surface area contributed by atoms with E-state index in [0.717, 1.165) is 22.3 Å². The number of piperidine rings is 1. The monoisotopic (exact) mass is 529 g/mol. The molecule has 2 aromatic heterocycles. The number of likely N-dealkylation sites (tertiary alicyclic amines) is 1. The average Bonchev–Trinajstić information content (AvgIpc) is 3.30. The lowest BCUT2D eigenvalue weighted by Crippen LogP contribution is -2.38. The first-order valence-corrected chi connectivity index (χ1v) is 12.2. The molecule has 4 rings (SSSR count). The third kappa shape index (κ3) is 5.31. The first kappa shape index (κ1) is 24.8. The molecule has 0 saturated carbocycles. The van der Waals surface area contributed by atoms with E-state index in [4.69, 9.17) is 32.9 Å². The van der Waals surface area contributed by atoms with Crippen molar-refractivity contribution in [1.82, 2.24) is 14.9 Å². The summed E-state index contributed by atoms with van der Waals surface area (Å²) in [5.74, 6) is -0.417. The molecule has 0 unspecified atom stereocenters. The van der Waals surface area contributed by atoms with E-state index < -0.39 is 17.6 Å². The number of carbonyl (C=O) groups excluding carboxylic acids is 1. The number of hydrogen-bond acceptors (Lipinski definition) is 5. The van der Waals surface area contributed by atoms with Crippen LogP contribution in [-0.4, -0.2) is 40.5 Å². The predicted molar refractivity (Wildman–Crippen MR) is 126 cm³/mol. The van der Waals surface area contributed by atoms with Gasteiger partial charge >= 0.3 is 6.18 Å². The highest BCUT2D eigenvalue weighted by Gasteiger charge is 2.34. The van der Waals surface area contributed by atoms with Crippen LogP contribution >= 0.6 is 34.5 Å². The third-order valence-electron chi connectivity index (χ3n) is 5.55. The van der Waals surface area contributed by atoms with E-state index in [-0.39, 0.29) is 24.0 Å². The van der Waals surface area contributed by atoms with Crippen molar-refractivity contribution in [3.63, 3.8) is 0 Å². The second-order valence-electron chi connectivity index (χ2n) is 7.77. The van der Waals surface area contributed by atoms with Crippen molar-refractivity contribution in [3.8, 4) is 17.0 Å². The van der Waals surface area contributed by atoms with E-state index in [1.807, 2.05) is 11.4 Å². The number of amides is 1. The molecule has 0 aliphatic carbocycles. The molecule has 1 aromatic carbocycles. The number of carbonyl (C=O) groups is 1. The summed E-state index contributed by atoms with van der Waals surface area (Å²) in [5.41, 5.74) is 0.630. The molecule has 0 bridgehead atoms. The van der Waals surface area contributed by atoms with Crippen LogP contribution in [0.15, 0.2) is 35.8 Å². The molecule has 0 spiro atoms. The molecule has 0 atom stereocenters. The number of aromatic nitrogens is 2. The quantitative estimate of drug-likeness (QED) is 0.358. The number of hydrogen-bond donors (Lipinski definition) is 0. The maximum Gasteiger partial charge on any atom is 0.418 e. The topological polar surface area (TPSA) is 55.3 Å². The fourth-order valence-corrected chi connectivity index (χ4v) is 5.07. The smallest absolute Gasteiger partial charge is 0.418 e. The van der Waals surface area contributed by atoms with E-state index in [1.165, 1.54) is 0 Å². The zero-order chi connectivity index (χ0) is 24.5. The van der Waals surface area contributed by atoms with Gasteiger partial charge < -0.3 is 9.64 Å². The Morgan fingerprint density at radius 3 is 2.59 bits per heavy atom. The molecule has 11 heteroatoms. The molecule has 1 amide bonds. The summed E-state index contributed by atoms with van der Waals surface area (Å²) in [6.07, 6.45) is -2.53. The third-order valence-corrected chi connectivity index (χ3v) is 7.30. The van der Waals surface area contributed by atoms with Crippen molar-refractivity contribution in [3.05, 3.63) is 62.2 Å². The van der Waals surface area contributed by atoms with Gasteiger partial charge in [0.1, 0.15) is 0 Å². The Labute approximate surface area is 208 Å². The minimum atomic E-state index is -4.57. The fourth-order valence-electron chi connectivity index (χ4n) is 3.77. The predicted octanol–water partition coefficient (Wildman–Crippen LogP) is 6.95. The van der Waals surface area contributed by atoms with E-state index in [2.05, 4.69) is 4.98 Å². The number of nitrogens with zero attached hydrogens (tertiary/aromatic N) is 3. The molecule has 3 aromatic rings. The van der Waals surface area contributed by atoms with Gasteiger partial charge in [-0.05, 0) is 38.0 Å². The number of ether oxygens (including phenoxy) is 1. The Morgan fingerprint density at radius 2 is 1.94 bits per heavy atom. The first-order chi connectivity index (χ1) is 16.2. The zero-order valence-corrected chi connectivity index (χ0v) is 20.4. The summed E-state index contributed by atoms with van der Waals surface area (Å²) in [5, 5.41) is 3.88. The van der Waals surface area contributed by atoms with E-state index in [1.54, 1.807) is 35.3 Å². The van der Waals surface area contributed by atoms with Crippen LogP contribution in [0.5, 0.6) is 5.75 Å². The van der Waals surface area contributed by atoms with Gasteiger partial charge in [-0.15, -0.1) is 11.3 Å². The summed E-state index contributed by atoms with van der Waals surface area (Å²) in [6.45, 7) is 2.65. The van der Waals surface area contributed by atoms with Crippen LogP contribution < -0.4 is 4.74 Å². The number of rotatable bonds is 5. The van der Waals surface area contributed by atoms with Crippen molar-refractivity contribution in [2.45, 2.75) is 31.9 Å². The minimum Gasteiger partial charge on any atom is -0.491 e. The van der Waals surface area contributed by atoms with E-state index >= 15 is 0 Å². The second-order valence-corrected chi connectivity index (χ2v) is 9.47. The van der Waals surface area contributed by atoms with Gasteiger partial charge in [-0.2, -0.15) is 13.2 Å². The second kappa shape index (κ2) is 10.1. The summed E-state index contributed by atoms with van der Waals surface area (Å²) in [4.78, 5) is 23.2. The molecule has 1 fully saturated rings. The average molecular weight is 530 g/mol. The molecule has 0 radical (unpaired) electrons. The SMILES string of the molecule is CCOc1cc(C(F)(F)F)cnc1C(=O)N1CCC(c2nc(-c3ccc(Cl)c(Cl)c3)cs2)CC1. The molecule has 5 nitrogen and oxygen atoms in total. The van der Waals surface area contributed by atoms with Gasteiger partial charge in [-0.25, -0.2) is 9.97 Å². The zero-order valence-electron chi connectivity index (χ0n) is 18.0. The van der Waals surface area contributed by atoms with Crippen LogP contribution in [0.1, 0.15) is 46.7 Å². The van der Waals surface area contributed by atoms with Crippen LogP contribution in [-0.2, 0) is 6.18 Å². The number of halogens is 5. The van der Waals surface area contributed by atoms with Gasteiger partial charge in [-0.1, -0.05) is 29.3 Å². The lowest BCUT2D eigenvalue weighted by molar-refractivity contribution is -0.138. The Kier molecular flexibility index (Phi) is 7.35. The first-order valence-electron chi connectivity index (χ1n) is 10.6. The standard InChI is InChI=1S/C23H20Cl2F3N3O2S/c1-2-33-19-10-15(23(26,27)28)11-29-20(19)22(32)31-7-5-13(6-8-31)21-30-18(12-34-21)14-3-4-16(24)17(25)9-14/h3-4,9-13H,2,5-8H2,1H3. The van der Waals surface area contributed by atoms with Crippen molar-refractivity contribution in [2.24, 2.45) is 0 Å². The van der Waals surface area contributed by atoms with Crippen molar-refractivity contribution in [1.29, 1.82) is 0 Å². The molecule has 180 valence electrons. The minimum absolute atomic E-state index is 0.107. The van der Waals surface area contributed by atoms with Crippen molar-refractivity contribution in [2.75, 3.05) is 19.7 Å². The summed E-state index contributed by atoms with van der Waals surface area (Å²) in [6, 6.07) is 6.20. The highest BCUT2D eigenvalue weighted by Crippen LogP contribution is 2.36. The molecule has 1 aliphatic rings. The van der Waals surface area contributed by atoms with Gasteiger partial charge in [0.15, 0.2) is 11.4 Å². The number of thiazole rings is 1. The highest BCUT2D eigenvalue weighted by molar-refractivity contribution is 7.10. The molecule has 3 heterocycles. The van der Waals surface area contributed by atoms with Gasteiger partial charge in [-0.3, -0.25) is 4.79 Å². The number of pyridine rings is 1. The lowest BCUT2D eigenvalue weighted by atomic mass is 9.97. The van der Waals surface area contributed by atoms with Gasteiger partial charge in [0.2, 0.25) is 0 Å². The number of alkyl halides is 3. The van der Waals surface area contributed by atoms with Gasteiger partial charge in [0, 0.05) is 36.1 Å². The summed E-state index contributed by atoms with van der Waals surface area (Å²) < 4.78 is 44.4. The Morgan fingerprint density at radius 1 is 1.21 bits per heavy atom. The summed E-state index contributed by atoms with van der Waals surface area (Å²) >= 11 is 13.7. The summed E-state index contributed by atoms with van der Waals surface area (Å²) in [7, 11) is 0. The highest BCUT2D eigenvalue weighted by atomic mass is 35.5. The molecular formula is C23H20Cl2F3N3O2S. The lowest BCUT2D eigenvalue weighted by Gasteiger charge is -2.31. The fraction of sp³-hybridized carbons (Fsp3) is 0.348. The molecule has 0 N–H and O–H groups in total. The van der Waals surface area contributed by atoms with Gasteiger partial charge in [0.05, 0.1) is 32.9 Å². The van der Waals surface area contributed by atoms with Crippen molar-refractivity contribution >= 4 is 40.4 Å². The van der Waals surface area contributed by atoms with Crippen LogP contribution in [0, 0.1) is 0 Å². The molecule has 1 aliphatic heterocycles. The Balaban J connectivity index is 1.44. The normalized spacial score (nSPS) is 14.9. The Hall–Kier alpha value is -2.36. The van der Waals surface area contributed by atoms with Crippen LogP contribution in [0.25, 0.3) is 11.3 Å². The largest absolute Gasteiger partial charge is 0.491 e. The Bertz CT molecular complexity index is 1190. The van der Waals surface area contributed by atoms with Crippen LogP contribution in [0.3, 0.4) is 0 Å². The maximum atomic E-state index is 13.0. The van der Waals surface area contributed by atoms with E-state index in [9.17, 15) is 18.0 Å². The van der Waals surface area contributed by atoms with E-state index in [0.29, 0.717) is 42.2 Å². The maximum absolute atomic E-state index is 13.0. The number of benzene rings is 1. The van der Waals surface area contributed by atoms with Gasteiger partial charge in [0.25, 0.3) is 5.91 Å². The van der Waals surface area contributed by atoms with Crippen LogP contribution in [0.4, 0.5) is 13.2 Å².